The highest BCUT2D eigenvalue weighted by molar-refractivity contribution is 6.34. The molecule has 4 aromatic rings. The summed E-state index contributed by atoms with van der Waals surface area (Å²) in [5.74, 6) is -2.28. The second-order valence-corrected chi connectivity index (χ2v) is 7.97. The molecule has 0 saturated heterocycles. The van der Waals surface area contributed by atoms with E-state index < -0.39 is 40.6 Å². The predicted octanol–water partition coefficient (Wildman–Crippen LogP) is 4.23. The van der Waals surface area contributed by atoms with Crippen LogP contribution in [0.25, 0.3) is 16.6 Å². The van der Waals surface area contributed by atoms with Crippen molar-refractivity contribution in [3.63, 3.8) is 0 Å². The number of aromatic nitrogens is 6. The number of ether oxygens (including phenoxy) is 2. The van der Waals surface area contributed by atoms with Crippen molar-refractivity contribution in [2.45, 2.75) is 45.9 Å². The van der Waals surface area contributed by atoms with Gasteiger partial charge in [-0.15, -0.1) is 10.2 Å². The molecule has 3 heterocycles. The highest BCUT2D eigenvalue weighted by Gasteiger charge is 2.39. The minimum absolute atomic E-state index is 0.0913. The Kier molecular flexibility index (Phi) is 7.22. The number of hydrogen-bond acceptors (Lipinski definition) is 7. The molecule has 14 heteroatoms. The third-order valence-corrected chi connectivity index (χ3v) is 5.47. The molecule has 4 rings (SSSR count). The van der Waals surface area contributed by atoms with Gasteiger partial charge in [0.1, 0.15) is 6.61 Å². The Hall–Kier alpha value is -3.58. The van der Waals surface area contributed by atoms with Gasteiger partial charge in [0.25, 0.3) is 0 Å². The predicted molar refractivity (Wildman–Crippen MR) is 120 cm³/mol. The Morgan fingerprint density at radius 2 is 1.89 bits per heavy atom. The highest BCUT2D eigenvalue weighted by atomic mass is 35.5. The quantitative estimate of drug-likeness (QED) is 0.317. The molecule has 1 aromatic carbocycles. The van der Waals surface area contributed by atoms with Crippen LogP contribution in [0.2, 0.25) is 5.15 Å². The molecule has 0 amide bonds. The normalized spacial score (nSPS) is 12.8. The van der Waals surface area contributed by atoms with Crippen molar-refractivity contribution in [2.24, 2.45) is 0 Å². The molecule has 0 saturated carbocycles. The number of hydrogen-bond donors (Lipinski definition) is 0. The Morgan fingerprint density at radius 3 is 2.56 bits per heavy atom. The minimum atomic E-state index is -4.75. The molecule has 0 fully saturated rings. The van der Waals surface area contributed by atoms with Crippen molar-refractivity contribution in [3.8, 4) is 11.7 Å². The van der Waals surface area contributed by atoms with Crippen LogP contribution < -0.4 is 10.4 Å². The Labute approximate surface area is 206 Å². The largest absolute Gasteiger partial charge is 0.464 e. The smallest absolute Gasteiger partial charge is 0.425 e. The molecule has 0 aliphatic rings. The number of pyridine rings is 1. The lowest BCUT2D eigenvalue weighted by molar-refractivity contribution is -0.189. The second kappa shape index (κ2) is 10.2. The molecule has 0 unspecified atom stereocenters. The van der Waals surface area contributed by atoms with Crippen molar-refractivity contribution in [1.82, 2.24) is 29.5 Å². The van der Waals surface area contributed by atoms with Crippen LogP contribution in [0.15, 0.2) is 41.3 Å². The van der Waals surface area contributed by atoms with Crippen molar-refractivity contribution >= 4 is 22.4 Å². The molecule has 0 spiro atoms. The van der Waals surface area contributed by atoms with Crippen LogP contribution in [-0.4, -0.2) is 41.8 Å². The topological polar surface area (TPSA) is 97.0 Å². The van der Waals surface area contributed by atoms with Crippen LogP contribution in [-0.2, 0) is 24.5 Å². The number of fused-ring (bicyclic) bond motifs is 1. The van der Waals surface area contributed by atoms with E-state index in [1.165, 1.54) is 4.57 Å². The number of benzene rings is 1. The summed E-state index contributed by atoms with van der Waals surface area (Å²) in [6.07, 6.45) is -6.12. The molecular formula is C22H19ClF4N6O3. The van der Waals surface area contributed by atoms with Crippen molar-refractivity contribution in [3.05, 3.63) is 69.4 Å². The average Bonchev–Trinajstić information content (AvgIpc) is 3.15. The molecule has 0 aliphatic carbocycles. The zero-order valence-corrected chi connectivity index (χ0v) is 19.7. The standard InChI is InChI=1S/C22H19ClF4N6O3/c1-3-32-15(11-35-10-13-7-5-4-6-8-13)31-33(21(32)34)19-17(24)14-9-28-30-18(23)16(14)20(29-19)36-12(2)22(25,26)27/h4-9,12H,3,10-11H2,1-2H3/t12-/m0/s1. The maximum absolute atomic E-state index is 15.5. The van der Waals surface area contributed by atoms with Crippen molar-refractivity contribution in [2.75, 3.05) is 0 Å². The fourth-order valence-corrected chi connectivity index (χ4v) is 3.57. The van der Waals surface area contributed by atoms with E-state index in [9.17, 15) is 18.0 Å². The molecule has 0 radical (unpaired) electrons. The van der Waals surface area contributed by atoms with E-state index in [2.05, 4.69) is 20.3 Å². The lowest BCUT2D eigenvalue weighted by Gasteiger charge is -2.19. The van der Waals surface area contributed by atoms with E-state index in [4.69, 9.17) is 21.1 Å². The van der Waals surface area contributed by atoms with E-state index in [0.717, 1.165) is 18.7 Å². The maximum Gasteiger partial charge on any atom is 0.425 e. The van der Waals surface area contributed by atoms with Gasteiger partial charge in [-0.3, -0.25) is 4.57 Å². The number of nitrogens with zero attached hydrogens (tertiary/aromatic N) is 6. The fraction of sp³-hybridized carbons (Fsp3) is 0.318. The fourth-order valence-electron chi connectivity index (χ4n) is 3.35. The number of halogens is 5. The van der Waals surface area contributed by atoms with Gasteiger partial charge in [0.15, 0.2) is 28.7 Å². The Bertz CT molecular complexity index is 1440. The number of alkyl halides is 3. The molecule has 0 aliphatic heterocycles. The van der Waals surface area contributed by atoms with E-state index in [1.54, 1.807) is 6.92 Å². The van der Waals surface area contributed by atoms with Gasteiger partial charge in [-0.25, -0.2) is 9.18 Å². The summed E-state index contributed by atoms with van der Waals surface area (Å²) in [6, 6.07) is 9.27. The average molecular weight is 527 g/mol. The molecule has 36 heavy (non-hydrogen) atoms. The van der Waals surface area contributed by atoms with Crippen LogP contribution in [0.1, 0.15) is 25.2 Å². The third kappa shape index (κ3) is 5.02. The first-order valence-corrected chi connectivity index (χ1v) is 11.0. The molecule has 0 N–H and O–H groups in total. The summed E-state index contributed by atoms with van der Waals surface area (Å²) < 4.78 is 67.5. The summed E-state index contributed by atoms with van der Waals surface area (Å²) >= 11 is 5.97. The maximum atomic E-state index is 15.5. The van der Waals surface area contributed by atoms with Crippen molar-refractivity contribution in [1.29, 1.82) is 0 Å². The minimum Gasteiger partial charge on any atom is -0.464 e. The molecule has 9 nitrogen and oxygen atoms in total. The van der Waals surface area contributed by atoms with Gasteiger partial charge in [0, 0.05) is 6.54 Å². The lowest BCUT2D eigenvalue weighted by atomic mass is 10.2. The molecule has 0 bridgehead atoms. The zero-order chi connectivity index (χ0) is 26.0. The van der Waals surface area contributed by atoms with Crippen LogP contribution in [0.4, 0.5) is 17.6 Å². The van der Waals surface area contributed by atoms with Gasteiger partial charge in [-0.05, 0) is 19.4 Å². The Morgan fingerprint density at radius 1 is 1.17 bits per heavy atom. The van der Waals surface area contributed by atoms with Gasteiger partial charge in [-0.1, -0.05) is 41.9 Å². The van der Waals surface area contributed by atoms with Gasteiger partial charge in [0.05, 0.1) is 23.6 Å². The summed E-state index contributed by atoms with van der Waals surface area (Å²) in [6.45, 7) is 2.74. The first-order valence-electron chi connectivity index (χ1n) is 10.7. The van der Waals surface area contributed by atoms with Gasteiger partial charge in [-0.2, -0.15) is 27.9 Å². The van der Waals surface area contributed by atoms with Crippen molar-refractivity contribution < 1.29 is 27.0 Å². The van der Waals surface area contributed by atoms with Crippen LogP contribution in [0.3, 0.4) is 0 Å². The van der Waals surface area contributed by atoms with Crippen LogP contribution >= 0.6 is 11.6 Å². The Balaban J connectivity index is 1.77. The second-order valence-electron chi connectivity index (χ2n) is 7.61. The summed E-state index contributed by atoms with van der Waals surface area (Å²) in [7, 11) is 0. The first-order chi connectivity index (χ1) is 17.1. The van der Waals surface area contributed by atoms with Crippen LogP contribution in [0.5, 0.6) is 5.88 Å². The van der Waals surface area contributed by atoms with Gasteiger partial charge < -0.3 is 9.47 Å². The molecule has 1 atom stereocenters. The van der Waals surface area contributed by atoms with Gasteiger partial charge in [0.2, 0.25) is 5.88 Å². The molecule has 3 aromatic heterocycles. The summed E-state index contributed by atoms with van der Waals surface area (Å²) in [4.78, 5) is 16.9. The lowest BCUT2D eigenvalue weighted by Crippen LogP contribution is -2.32. The SMILES string of the molecule is CCn1c(COCc2ccccc2)nn(-c2nc(O[C@@H](C)C(F)(F)F)c3c(Cl)nncc3c2F)c1=O. The first kappa shape index (κ1) is 25.5. The monoisotopic (exact) mass is 526 g/mol. The van der Waals surface area contributed by atoms with E-state index in [-0.39, 0.29) is 36.4 Å². The highest BCUT2D eigenvalue weighted by Crippen LogP contribution is 2.35. The van der Waals surface area contributed by atoms with E-state index >= 15 is 4.39 Å². The molecule has 190 valence electrons. The van der Waals surface area contributed by atoms with E-state index in [1.807, 2.05) is 30.3 Å². The summed E-state index contributed by atoms with van der Waals surface area (Å²) in [5, 5.41) is 10.1. The molecular weight excluding hydrogens is 508 g/mol. The third-order valence-electron chi connectivity index (χ3n) is 5.21. The zero-order valence-electron chi connectivity index (χ0n) is 19.0. The number of rotatable bonds is 8. The van der Waals surface area contributed by atoms with Gasteiger partial charge >= 0.3 is 11.9 Å². The van der Waals surface area contributed by atoms with Crippen LogP contribution in [0, 0.1) is 5.82 Å². The van der Waals surface area contributed by atoms with E-state index in [0.29, 0.717) is 4.68 Å². The summed E-state index contributed by atoms with van der Waals surface area (Å²) in [5.41, 5.74) is 0.118.